The Bertz CT molecular complexity index is 1610. The third-order valence-corrected chi connectivity index (χ3v) is 6.41. The number of primary sulfonamides is 1. The Morgan fingerprint density at radius 2 is 1.87 bits per heavy atom. The predicted molar refractivity (Wildman–Crippen MR) is 143 cm³/mol. The fraction of sp³-hybridized carbons (Fsp3) is 0.111. The van der Waals surface area contributed by atoms with Crippen LogP contribution in [0.3, 0.4) is 0 Å². The van der Waals surface area contributed by atoms with Gasteiger partial charge in [0, 0.05) is 23.5 Å². The summed E-state index contributed by atoms with van der Waals surface area (Å²) in [6.07, 6.45) is 3.13. The first-order valence-corrected chi connectivity index (χ1v) is 13.1. The van der Waals surface area contributed by atoms with Gasteiger partial charge in [-0.3, -0.25) is 9.98 Å². The van der Waals surface area contributed by atoms with E-state index in [9.17, 15) is 21.6 Å². The van der Waals surface area contributed by atoms with Crippen LogP contribution in [-0.2, 0) is 22.7 Å². The lowest BCUT2D eigenvalue weighted by Crippen LogP contribution is -2.31. The number of nitrogens with one attached hydrogen (secondary N) is 1. The molecule has 0 unspecified atom stereocenters. The van der Waals surface area contributed by atoms with Crippen LogP contribution in [0.2, 0.25) is 0 Å². The second-order valence-electron chi connectivity index (χ2n) is 8.27. The van der Waals surface area contributed by atoms with Gasteiger partial charge in [-0.2, -0.15) is 13.2 Å². The summed E-state index contributed by atoms with van der Waals surface area (Å²) in [5.41, 5.74) is 1.73. The highest BCUT2D eigenvalue weighted by molar-refractivity contribution is 7.89. The van der Waals surface area contributed by atoms with Crippen LogP contribution in [0.25, 0.3) is 5.57 Å². The summed E-state index contributed by atoms with van der Waals surface area (Å²) in [5, 5.41) is 8.34. The first-order valence-electron chi connectivity index (χ1n) is 11.5. The normalized spacial score (nSPS) is 15.5. The summed E-state index contributed by atoms with van der Waals surface area (Å²) in [7, 11) is -4.02. The van der Waals surface area contributed by atoms with Gasteiger partial charge in [-0.05, 0) is 29.3 Å². The highest BCUT2D eigenvalue weighted by atomic mass is 32.2. The molecule has 3 N–H and O–H groups in total. The lowest BCUT2D eigenvalue weighted by atomic mass is 9.97. The van der Waals surface area contributed by atoms with Gasteiger partial charge < -0.3 is 5.32 Å². The summed E-state index contributed by atoms with van der Waals surface area (Å²) in [4.78, 5) is 16.6. The lowest BCUT2D eigenvalue weighted by molar-refractivity contribution is -0.141. The fourth-order valence-electron chi connectivity index (χ4n) is 3.71. The highest BCUT2D eigenvalue weighted by Crippen LogP contribution is 2.28. The van der Waals surface area contributed by atoms with Crippen LogP contribution in [0.4, 0.5) is 13.2 Å². The molecule has 0 aliphatic carbocycles. The molecule has 4 rings (SSSR count). The van der Waals surface area contributed by atoms with E-state index in [1.165, 1.54) is 24.4 Å². The van der Waals surface area contributed by atoms with Crippen LogP contribution >= 0.6 is 0 Å². The Hall–Kier alpha value is -4.42. The Labute approximate surface area is 223 Å². The van der Waals surface area contributed by atoms with Crippen molar-refractivity contribution in [2.45, 2.75) is 17.6 Å². The van der Waals surface area contributed by atoms with Crippen LogP contribution in [0.1, 0.15) is 22.5 Å². The average molecular weight is 553 g/mol. The standard InChI is InChI=1S/C27H23F3N6O2S/c1-2-3-11-22(18-8-5-4-6-9-18)23-17-34-25(19-13-21(16-32-14-19)39(31,37)38)36-26(23)33-15-20-10-7-12-24(35-20)27(28,29)30/h2-14,16H,1,15,17H2,(H2,31,37,38)(H,33,34,36)/b11-3-,23-22-. The van der Waals surface area contributed by atoms with Gasteiger partial charge in [0.25, 0.3) is 0 Å². The average Bonchev–Trinajstić information content (AvgIpc) is 2.92. The van der Waals surface area contributed by atoms with Gasteiger partial charge >= 0.3 is 6.18 Å². The first-order chi connectivity index (χ1) is 18.6. The van der Waals surface area contributed by atoms with E-state index in [1.807, 2.05) is 36.4 Å². The Kier molecular flexibility index (Phi) is 8.17. The third kappa shape index (κ3) is 6.92. The van der Waals surface area contributed by atoms with Gasteiger partial charge in [0.15, 0.2) is 5.84 Å². The van der Waals surface area contributed by atoms with E-state index in [4.69, 9.17) is 5.14 Å². The molecule has 1 aliphatic rings. The van der Waals surface area contributed by atoms with Crippen molar-refractivity contribution in [3.05, 3.63) is 120 Å². The van der Waals surface area contributed by atoms with E-state index < -0.39 is 21.9 Å². The van der Waals surface area contributed by atoms with Gasteiger partial charge in [0.1, 0.15) is 16.4 Å². The van der Waals surface area contributed by atoms with Crippen molar-refractivity contribution in [2.24, 2.45) is 15.1 Å². The van der Waals surface area contributed by atoms with E-state index in [0.717, 1.165) is 23.4 Å². The second-order valence-corrected chi connectivity index (χ2v) is 9.83. The van der Waals surface area contributed by atoms with E-state index in [2.05, 4.69) is 31.8 Å². The molecule has 39 heavy (non-hydrogen) atoms. The van der Waals surface area contributed by atoms with E-state index in [1.54, 1.807) is 12.2 Å². The molecular weight excluding hydrogens is 529 g/mol. The molecule has 200 valence electrons. The summed E-state index contributed by atoms with van der Waals surface area (Å²) in [6, 6.07) is 14.4. The SMILES string of the molecule is C=C/C=C\C(=C1/CN=C(c2cncc(S(N)(=O)=O)c2)N=C1NCc1cccc(C(F)(F)F)n1)c1ccccc1. The third-order valence-electron chi connectivity index (χ3n) is 5.53. The molecule has 8 nitrogen and oxygen atoms in total. The zero-order valence-corrected chi connectivity index (χ0v) is 21.2. The summed E-state index contributed by atoms with van der Waals surface area (Å²) < 4.78 is 63.2. The number of rotatable bonds is 7. The molecular formula is C27H23F3N6O2S. The number of nitrogens with zero attached hydrogens (tertiary/aromatic N) is 4. The number of pyridine rings is 2. The monoisotopic (exact) mass is 552 g/mol. The van der Waals surface area contributed by atoms with Gasteiger partial charge in [-0.1, -0.05) is 61.2 Å². The molecule has 3 aromatic rings. The van der Waals surface area contributed by atoms with E-state index >= 15 is 0 Å². The van der Waals surface area contributed by atoms with Crippen molar-refractivity contribution in [3.63, 3.8) is 0 Å². The number of hydrogen-bond acceptors (Lipinski definition) is 7. The molecule has 0 amide bonds. The van der Waals surface area contributed by atoms with Crippen molar-refractivity contribution in [3.8, 4) is 0 Å². The van der Waals surface area contributed by atoms with Gasteiger partial charge in [0.2, 0.25) is 10.0 Å². The zero-order valence-electron chi connectivity index (χ0n) is 20.4. The number of alkyl halides is 3. The number of aromatic nitrogens is 2. The Balaban J connectivity index is 1.79. The molecule has 0 fully saturated rings. The molecule has 0 bridgehead atoms. The fourth-order valence-corrected chi connectivity index (χ4v) is 4.21. The number of benzene rings is 1. The van der Waals surface area contributed by atoms with Crippen LogP contribution in [0.15, 0.2) is 112 Å². The molecule has 2 aromatic heterocycles. The maximum Gasteiger partial charge on any atom is 0.433 e. The maximum absolute atomic E-state index is 13.2. The smallest absolute Gasteiger partial charge is 0.364 e. The number of nitrogens with two attached hydrogens (primary N) is 1. The van der Waals surface area contributed by atoms with Crippen molar-refractivity contribution in [1.29, 1.82) is 0 Å². The van der Waals surface area contributed by atoms with Crippen LogP contribution in [0, 0.1) is 0 Å². The van der Waals surface area contributed by atoms with Crippen molar-refractivity contribution in [2.75, 3.05) is 6.54 Å². The summed E-state index contributed by atoms with van der Waals surface area (Å²) in [6.45, 7) is 3.79. The van der Waals surface area contributed by atoms with Crippen molar-refractivity contribution in [1.82, 2.24) is 15.3 Å². The number of halogens is 3. The second kappa shape index (κ2) is 11.5. The summed E-state index contributed by atoms with van der Waals surface area (Å²) >= 11 is 0. The minimum absolute atomic E-state index is 0.0672. The largest absolute Gasteiger partial charge is 0.433 e. The number of sulfonamides is 1. The number of aliphatic imine (C=N–C) groups is 2. The number of amidine groups is 2. The number of hydrogen-bond donors (Lipinski definition) is 2. The minimum Gasteiger partial charge on any atom is -0.364 e. The van der Waals surface area contributed by atoms with Crippen LogP contribution in [-0.4, -0.2) is 36.6 Å². The topological polar surface area (TPSA) is 123 Å². The molecule has 3 heterocycles. The Morgan fingerprint density at radius 3 is 2.56 bits per heavy atom. The van der Waals surface area contributed by atoms with Crippen molar-refractivity contribution >= 4 is 27.3 Å². The minimum atomic E-state index is -4.58. The van der Waals surface area contributed by atoms with Crippen LogP contribution in [0.5, 0.6) is 0 Å². The van der Waals surface area contributed by atoms with Gasteiger partial charge in [0.05, 0.1) is 18.8 Å². The van der Waals surface area contributed by atoms with E-state index in [0.29, 0.717) is 17.0 Å². The lowest BCUT2D eigenvalue weighted by Gasteiger charge is -2.20. The quantitative estimate of drug-likeness (QED) is 0.424. The Morgan fingerprint density at radius 1 is 1.10 bits per heavy atom. The molecule has 0 radical (unpaired) electrons. The van der Waals surface area contributed by atoms with E-state index in [-0.39, 0.29) is 29.5 Å². The van der Waals surface area contributed by atoms with Gasteiger partial charge in [-0.25, -0.2) is 23.5 Å². The summed E-state index contributed by atoms with van der Waals surface area (Å²) in [5.74, 6) is 0.504. The highest BCUT2D eigenvalue weighted by Gasteiger charge is 2.32. The predicted octanol–water partition coefficient (Wildman–Crippen LogP) is 4.29. The number of allylic oxidation sites excluding steroid dienone is 4. The molecule has 1 aliphatic heterocycles. The molecule has 1 aromatic carbocycles. The molecule has 0 atom stereocenters. The molecule has 0 saturated carbocycles. The molecule has 0 saturated heterocycles. The van der Waals surface area contributed by atoms with Gasteiger partial charge in [-0.15, -0.1) is 0 Å². The first kappa shape index (κ1) is 27.6. The molecule has 12 heteroatoms. The van der Waals surface area contributed by atoms with Crippen molar-refractivity contribution < 1.29 is 21.6 Å². The molecule has 0 spiro atoms. The van der Waals surface area contributed by atoms with Crippen LogP contribution < -0.4 is 10.5 Å². The maximum atomic E-state index is 13.2. The zero-order chi connectivity index (χ0) is 28.0.